The summed E-state index contributed by atoms with van der Waals surface area (Å²) in [6.07, 6.45) is 0. The minimum Gasteiger partial charge on any atom is -0.493 e. The van der Waals surface area contributed by atoms with Crippen LogP contribution >= 0.6 is 0 Å². The van der Waals surface area contributed by atoms with Gasteiger partial charge in [-0.05, 0) is 61.4 Å². The van der Waals surface area contributed by atoms with Crippen LogP contribution in [-0.4, -0.2) is 39.4 Å². The number of rotatable bonds is 10. The maximum absolute atomic E-state index is 13.4. The van der Waals surface area contributed by atoms with Crippen molar-refractivity contribution in [2.24, 2.45) is 0 Å². The number of carbonyl (C=O) groups excluding carboxylic acids is 1. The first-order valence-corrected chi connectivity index (χ1v) is 12.4. The standard InChI is InChI=1S/C26H29FN2O5S/c1-18-5-12-23(13-6-18)35(31,32)29(16-20-7-10-22(27)11-8-20)17-26(30)28-19(2)21-9-14-24(33-3)25(15-21)34-4/h5-15,19H,16-17H2,1-4H3,(H,28,30)/t19-/m0/s1. The van der Waals surface area contributed by atoms with Crippen LogP contribution in [0.15, 0.2) is 71.6 Å². The molecular formula is C26H29FN2O5S. The van der Waals surface area contributed by atoms with E-state index in [4.69, 9.17) is 9.47 Å². The van der Waals surface area contributed by atoms with E-state index in [1.807, 2.05) is 6.92 Å². The predicted octanol–water partition coefficient (Wildman–Crippen LogP) is 4.22. The van der Waals surface area contributed by atoms with E-state index in [1.54, 1.807) is 37.3 Å². The van der Waals surface area contributed by atoms with Gasteiger partial charge < -0.3 is 14.8 Å². The number of amides is 1. The van der Waals surface area contributed by atoms with Gasteiger partial charge in [0.1, 0.15) is 5.82 Å². The molecule has 0 aliphatic heterocycles. The molecule has 1 amide bonds. The summed E-state index contributed by atoms with van der Waals surface area (Å²) in [4.78, 5) is 13.0. The van der Waals surface area contributed by atoms with Gasteiger partial charge in [0.05, 0.1) is 31.7 Å². The third kappa shape index (κ3) is 6.58. The van der Waals surface area contributed by atoms with Gasteiger partial charge in [-0.1, -0.05) is 35.9 Å². The number of hydrogen-bond donors (Lipinski definition) is 1. The zero-order chi connectivity index (χ0) is 25.6. The summed E-state index contributed by atoms with van der Waals surface area (Å²) >= 11 is 0. The first kappa shape index (κ1) is 26.2. The quantitative estimate of drug-likeness (QED) is 0.451. The second-order valence-corrected chi connectivity index (χ2v) is 10.1. The lowest BCUT2D eigenvalue weighted by molar-refractivity contribution is -0.122. The number of methoxy groups -OCH3 is 2. The summed E-state index contributed by atoms with van der Waals surface area (Å²) in [5, 5.41) is 2.84. The van der Waals surface area contributed by atoms with Gasteiger partial charge in [-0.2, -0.15) is 4.31 Å². The summed E-state index contributed by atoms with van der Waals surface area (Å²) in [6, 6.07) is 16.8. The molecule has 0 aliphatic rings. The molecule has 7 nitrogen and oxygen atoms in total. The van der Waals surface area contributed by atoms with Crippen LogP contribution < -0.4 is 14.8 Å². The van der Waals surface area contributed by atoms with Crippen LogP contribution in [0.1, 0.15) is 29.7 Å². The summed E-state index contributed by atoms with van der Waals surface area (Å²) in [7, 11) is -0.942. The fourth-order valence-electron chi connectivity index (χ4n) is 3.53. The van der Waals surface area contributed by atoms with Gasteiger partial charge in [-0.3, -0.25) is 4.79 Å². The Morgan fingerprint density at radius 2 is 1.60 bits per heavy atom. The lowest BCUT2D eigenvalue weighted by atomic mass is 10.1. The minimum atomic E-state index is -4.00. The van der Waals surface area contributed by atoms with E-state index >= 15 is 0 Å². The maximum Gasteiger partial charge on any atom is 0.243 e. The van der Waals surface area contributed by atoms with Gasteiger partial charge in [-0.15, -0.1) is 0 Å². The Balaban J connectivity index is 1.83. The van der Waals surface area contributed by atoms with Crippen molar-refractivity contribution >= 4 is 15.9 Å². The van der Waals surface area contributed by atoms with Gasteiger partial charge in [0.2, 0.25) is 15.9 Å². The number of benzene rings is 3. The lowest BCUT2D eigenvalue weighted by Gasteiger charge is -2.23. The highest BCUT2D eigenvalue weighted by Gasteiger charge is 2.27. The molecule has 3 rings (SSSR count). The number of carbonyl (C=O) groups is 1. The molecule has 0 radical (unpaired) electrons. The molecule has 0 spiro atoms. The Morgan fingerprint density at radius 3 is 2.20 bits per heavy atom. The van der Waals surface area contributed by atoms with Crippen molar-refractivity contribution in [3.63, 3.8) is 0 Å². The monoisotopic (exact) mass is 500 g/mol. The minimum absolute atomic E-state index is 0.0750. The number of sulfonamides is 1. The molecule has 3 aromatic carbocycles. The normalized spacial score (nSPS) is 12.3. The highest BCUT2D eigenvalue weighted by molar-refractivity contribution is 7.89. The molecule has 0 heterocycles. The average Bonchev–Trinajstić information content (AvgIpc) is 2.84. The van der Waals surface area contributed by atoms with Crippen LogP contribution in [0, 0.1) is 12.7 Å². The number of hydrogen-bond acceptors (Lipinski definition) is 5. The zero-order valence-electron chi connectivity index (χ0n) is 20.1. The van der Waals surface area contributed by atoms with E-state index in [0.717, 1.165) is 15.4 Å². The van der Waals surface area contributed by atoms with Crippen molar-refractivity contribution < 1.29 is 27.1 Å². The Hall–Kier alpha value is -3.43. The highest BCUT2D eigenvalue weighted by Crippen LogP contribution is 2.30. The topological polar surface area (TPSA) is 84.9 Å². The van der Waals surface area contributed by atoms with E-state index in [1.165, 1.54) is 50.6 Å². The highest BCUT2D eigenvalue weighted by atomic mass is 32.2. The fraction of sp³-hybridized carbons (Fsp3) is 0.269. The molecule has 0 saturated heterocycles. The predicted molar refractivity (Wildman–Crippen MR) is 131 cm³/mol. The fourth-order valence-corrected chi connectivity index (χ4v) is 4.92. The molecule has 0 aliphatic carbocycles. The lowest BCUT2D eigenvalue weighted by Crippen LogP contribution is -2.41. The van der Waals surface area contributed by atoms with E-state index in [0.29, 0.717) is 17.1 Å². The summed E-state index contributed by atoms with van der Waals surface area (Å²) in [6.45, 7) is 3.15. The van der Waals surface area contributed by atoms with Crippen molar-refractivity contribution in [3.05, 3.63) is 89.2 Å². The first-order chi connectivity index (χ1) is 16.6. The molecule has 1 atom stereocenters. The van der Waals surface area contributed by atoms with E-state index < -0.39 is 34.3 Å². The third-order valence-corrected chi connectivity index (χ3v) is 7.34. The van der Waals surface area contributed by atoms with Crippen molar-refractivity contribution in [1.29, 1.82) is 0 Å². The van der Waals surface area contributed by atoms with Crippen LogP contribution in [0.25, 0.3) is 0 Å². The summed E-state index contributed by atoms with van der Waals surface area (Å²) in [5.74, 6) is 0.170. The molecular weight excluding hydrogens is 471 g/mol. The molecule has 35 heavy (non-hydrogen) atoms. The second kappa shape index (κ2) is 11.3. The van der Waals surface area contributed by atoms with Crippen molar-refractivity contribution in [2.45, 2.75) is 31.3 Å². The van der Waals surface area contributed by atoms with Crippen molar-refractivity contribution in [3.8, 4) is 11.5 Å². The van der Waals surface area contributed by atoms with Crippen LogP contribution in [0.2, 0.25) is 0 Å². The van der Waals surface area contributed by atoms with Crippen molar-refractivity contribution in [1.82, 2.24) is 9.62 Å². The molecule has 0 aromatic heterocycles. The largest absolute Gasteiger partial charge is 0.493 e. The van der Waals surface area contributed by atoms with Gasteiger partial charge in [-0.25, -0.2) is 12.8 Å². The Bertz CT molecular complexity index is 1260. The number of nitrogens with zero attached hydrogens (tertiary/aromatic N) is 1. The Kier molecular flexibility index (Phi) is 8.48. The number of ether oxygens (including phenoxy) is 2. The van der Waals surface area contributed by atoms with Crippen molar-refractivity contribution in [2.75, 3.05) is 20.8 Å². The van der Waals surface area contributed by atoms with Gasteiger partial charge in [0.25, 0.3) is 0 Å². The molecule has 1 N–H and O–H groups in total. The SMILES string of the molecule is COc1ccc([C@H](C)NC(=O)CN(Cc2ccc(F)cc2)S(=O)(=O)c2ccc(C)cc2)cc1OC. The smallest absolute Gasteiger partial charge is 0.243 e. The van der Waals surface area contributed by atoms with Crippen LogP contribution in [-0.2, 0) is 21.4 Å². The Morgan fingerprint density at radius 1 is 0.971 bits per heavy atom. The summed E-state index contributed by atoms with van der Waals surface area (Å²) in [5.41, 5.74) is 2.24. The maximum atomic E-state index is 13.4. The van der Waals surface area contributed by atoms with E-state index in [-0.39, 0.29) is 11.4 Å². The Labute approximate surface area is 205 Å². The molecule has 0 unspecified atom stereocenters. The zero-order valence-corrected chi connectivity index (χ0v) is 20.9. The van der Waals surface area contributed by atoms with Crippen LogP contribution in [0.5, 0.6) is 11.5 Å². The van der Waals surface area contributed by atoms with Crippen LogP contribution in [0.3, 0.4) is 0 Å². The molecule has 0 bridgehead atoms. The number of aryl methyl sites for hydroxylation is 1. The molecule has 0 saturated carbocycles. The molecule has 9 heteroatoms. The van der Waals surface area contributed by atoms with E-state index in [9.17, 15) is 17.6 Å². The van der Waals surface area contributed by atoms with Gasteiger partial charge in [0.15, 0.2) is 11.5 Å². The molecule has 0 fully saturated rings. The number of halogens is 1. The van der Waals surface area contributed by atoms with E-state index in [2.05, 4.69) is 5.32 Å². The molecule has 3 aromatic rings. The number of nitrogens with one attached hydrogen (secondary N) is 1. The van der Waals surface area contributed by atoms with Gasteiger partial charge in [0, 0.05) is 6.54 Å². The first-order valence-electron chi connectivity index (χ1n) is 11.0. The molecule has 186 valence electrons. The average molecular weight is 501 g/mol. The van der Waals surface area contributed by atoms with Gasteiger partial charge >= 0.3 is 0 Å². The third-order valence-electron chi connectivity index (χ3n) is 5.54. The summed E-state index contributed by atoms with van der Waals surface area (Å²) < 4.78 is 51.8. The van der Waals surface area contributed by atoms with Crippen LogP contribution in [0.4, 0.5) is 4.39 Å². The second-order valence-electron chi connectivity index (χ2n) is 8.12.